The molecule has 34 heavy (non-hydrogen) atoms. The lowest BCUT2D eigenvalue weighted by Gasteiger charge is -2.09. The van der Waals surface area contributed by atoms with E-state index in [1.54, 1.807) is 35.0 Å². The van der Waals surface area contributed by atoms with Gasteiger partial charge in [0.1, 0.15) is 5.82 Å². The monoisotopic (exact) mass is 452 g/mol. The summed E-state index contributed by atoms with van der Waals surface area (Å²) < 4.78 is 15.6. The largest absolute Gasteiger partial charge is 0.352 e. The Kier molecular flexibility index (Phi) is 6.84. The Hall–Kier alpha value is -4.24. The van der Waals surface area contributed by atoms with Crippen molar-refractivity contribution in [1.29, 1.82) is 5.26 Å². The average molecular weight is 453 g/mol. The van der Waals surface area contributed by atoms with Gasteiger partial charge in [0.25, 0.3) is 0 Å². The van der Waals surface area contributed by atoms with Gasteiger partial charge >= 0.3 is 0 Å². The smallest absolute Gasteiger partial charge is 0.220 e. The molecule has 3 aromatic carbocycles. The molecule has 0 saturated carbocycles. The van der Waals surface area contributed by atoms with Crippen LogP contribution in [-0.2, 0) is 17.8 Å². The van der Waals surface area contributed by atoms with Crippen molar-refractivity contribution in [2.24, 2.45) is 0 Å². The number of carbonyl (C=O) groups excluding carboxylic acids is 1. The van der Waals surface area contributed by atoms with E-state index in [-0.39, 0.29) is 18.1 Å². The highest BCUT2D eigenvalue weighted by Gasteiger charge is 2.14. The molecular formula is C28H25FN4O. The first-order valence-electron chi connectivity index (χ1n) is 11.1. The van der Waals surface area contributed by atoms with Crippen molar-refractivity contribution >= 4 is 5.91 Å². The summed E-state index contributed by atoms with van der Waals surface area (Å²) >= 11 is 0. The van der Waals surface area contributed by atoms with E-state index in [9.17, 15) is 9.18 Å². The number of nitrogens with one attached hydrogen (secondary N) is 1. The van der Waals surface area contributed by atoms with Crippen LogP contribution in [0.1, 0.15) is 34.4 Å². The summed E-state index contributed by atoms with van der Waals surface area (Å²) in [6.07, 6.45) is 0.738. The van der Waals surface area contributed by atoms with Crippen molar-refractivity contribution in [2.45, 2.75) is 33.2 Å². The lowest BCUT2D eigenvalue weighted by molar-refractivity contribution is -0.121. The molecule has 0 atom stereocenters. The summed E-state index contributed by atoms with van der Waals surface area (Å²) in [5.74, 6) is -0.390. The van der Waals surface area contributed by atoms with Crippen molar-refractivity contribution in [1.82, 2.24) is 15.1 Å². The maximum absolute atomic E-state index is 13.9. The number of halogens is 1. The first kappa shape index (κ1) is 22.9. The summed E-state index contributed by atoms with van der Waals surface area (Å²) in [6.45, 7) is 4.55. The van der Waals surface area contributed by atoms with Crippen LogP contribution in [0.4, 0.5) is 4.39 Å². The zero-order valence-corrected chi connectivity index (χ0v) is 19.2. The molecule has 170 valence electrons. The number of hydrogen-bond donors (Lipinski definition) is 1. The number of amides is 1. The van der Waals surface area contributed by atoms with Crippen LogP contribution in [0.3, 0.4) is 0 Å². The van der Waals surface area contributed by atoms with Gasteiger partial charge in [-0.3, -0.25) is 4.79 Å². The fourth-order valence-corrected chi connectivity index (χ4v) is 3.79. The van der Waals surface area contributed by atoms with E-state index in [0.717, 1.165) is 33.8 Å². The predicted octanol–water partition coefficient (Wildman–Crippen LogP) is 5.42. The van der Waals surface area contributed by atoms with Crippen LogP contribution < -0.4 is 5.32 Å². The topological polar surface area (TPSA) is 70.7 Å². The Morgan fingerprint density at radius 3 is 2.59 bits per heavy atom. The zero-order valence-electron chi connectivity index (χ0n) is 19.2. The van der Waals surface area contributed by atoms with E-state index in [0.29, 0.717) is 24.1 Å². The lowest BCUT2D eigenvalue weighted by atomic mass is 10.1. The Balaban J connectivity index is 1.52. The van der Waals surface area contributed by atoms with Crippen LogP contribution in [0.25, 0.3) is 16.9 Å². The second-order valence-corrected chi connectivity index (χ2v) is 8.31. The maximum Gasteiger partial charge on any atom is 0.220 e. The summed E-state index contributed by atoms with van der Waals surface area (Å²) in [5.41, 5.74) is 6.84. The number of nitriles is 1. The third kappa shape index (κ3) is 5.38. The summed E-state index contributed by atoms with van der Waals surface area (Å²) in [7, 11) is 0. The number of hydrogen-bond acceptors (Lipinski definition) is 3. The number of rotatable bonds is 7. The minimum Gasteiger partial charge on any atom is -0.352 e. The van der Waals surface area contributed by atoms with E-state index < -0.39 is 0 Å². The first-order valence-corrected chi connectivity index (χ1v) is 11.1. The van der Waals surface area contributed by atoms with Crippen molar-refractivity contribution in [3.63, 3.8) is 0 Å². The SMILES string of the molecule is Cc1ccc(C)c(CNC(=O)CCc2cc(-c3cccc(F)c3)n(-c3ccc(C#N)cc3)n2)c1. The highest BCUT2D eigenvalue weighted by atomic mass is 19.1. The van der Waals surface area contributed by atoms with Crippen molar-refractivity contribution in [2.75, 3.05) is 0 Å². The molecule has 0 saturated heterocycles. The highest BCUT2D eigenvalue weighted by molar-refractivity contribution is 5.76. The van der Waals surface area contributed by atoms with Gasteiger partial charge in [0.15, 0.2) is 0 Å². The van der Waals surface area contributed by atoms with Crippen molar-refractivity contribution in [3.05, 3.63) is 107 Å². The molecule has 0 aliphatic carbocycles. The van der Waals surface area contributed by atoms with E-state index in [2.05, 4.69) is 34.7 Å². The van der Waals surface area contributed by atoms with Gasteiger partial charge in [-0.2, -0.15) is 10.4 Å². The Labute approximate surface area is 198 Å². The molecule has 0 fully saturated rings. The van der Waals surface area contributed by atoms with Crippen LogP contribution >= 0.6 is 0 Å². The van der Waals surface area contributed by atoms with Gasteiger partial charge in [0.05, 0.1) is 28.7 Å². The van der Waals surface area contributed by atoms with E-state index in [1.165, 1.54) is 12.1 Å². The van der Waals surface area contributed by atoms with Gasteiger partial charge in [0, 0.05) is 24.9 Å². The Bertz CT molecular complexity index is 1370. The van der Waals surface area contributed by atoms with E-state index in [1.807, 2.05) is 26.0 Å². The molecular weight excluding hydrogens is 427 g/mol. The number of benzene rings is 3. The predicted molar refractivity (Wildman–Crippen MR) is 130 cm³/mol. The van der Waals surface area contributed by atoms with Crippen LogP contribution in [0.2, 0.25) is 0 Å². The molecule has 0 radical (unpaired) electrons. The normalized spacial score (nSPS) is 10.6. The number of nitrogens with zero attached hydrogens (tertiary/aromatic N) is 3. The fourth-order valence-electron chi connectivity index (χ4n) is 3.79. The third-order valence-corrected chi connectivity index (χ3v) is 5.71. The minimum absolute atomic E-state index is 0.0545. The Morgan fingerprint density at radius 1 is 1.06 bits per heavy atom. The second kappa shape index (κ2) is 10.1. The minimum atomic E-state index is -0.336. The van der Waals surface area contributed by atoms with Crippen LogP contribution in [-0.4, -0.2) is 15.7 Å². The molecule has 4 aromatic rings. The zero-order chi connectivity index (χ0) is 24.1. The molecule has 5 nitrogen and oxygen atoms in total. The van der Waals surface area contributed by atoms with Crippen LogP contribution in [0, 0.1) is 31.0 Å². The van der Waals surface area contributed by atoms with E-state index in [4.69, 9.17) is 5.26 Å². The second-order valence-electron chi connectivity index (χ2n) is 8.31. The molecule has 0 aliphatic rings. The molecule has 4 rings (SSSR count). The van der Waals surface area contributed by atoms with Gasteiger partial charge < -0.3 is 5.32 Å². The summed E-state index contributed by atoms with van der Waals surface area (Å²) in [6, 6.07) is 23.5. The van der Waals surface area contributed by atoms with Gasteiger partial charge in [-0.25, -0.2) is 9.07 Å². The van der Waals surface area contributed by atoms with Gasteiger partial charge in [-0.1, -0.05) is 35.9 Å². The highest BCUT2D eigenvalue weighted by Crippen LogP contribution is 2.25. The number of carbonyl (C=O) groups is 1. The molecule has 6 heteroatoms. The lowest BCUT2D eigenvalue weighted by Crippen LogP contribution is -2.23. The van der Waals surface area contributed by atoms with Crippen molar-refractivity contribution < 1.29 is 9.18 Å². The fraction of sp³-hybridized carbons (Fsp3) is 0.179. The maximum atomic E-state index is 13.9. The first-order chi connectivity index (χ1) is 16.4. The molecule has 0 unspecified atom stereocenters. The van der Waals surface area contributed by atoms with Gasteiger partial charge in [0.2, 0.25) is 5.91 Å². The number of aromatic nitrogens is 2. The summed E-state index contributed by atoms with van der Waals surface area (Å²) in [4.78, 5) is 12.5. The Morgan fingerprint density at radius 2 is 1.85 bits per heavy atom. The number of aryl methyl sites for hydroxylation is 3. The molecule has 1 aromatic heterocycles. The third-order valence-electron chi connectivity index (χ3n) is 5.71. The van der Waals surface area contributed by atoms with E-state index >= 15 is 0 Å². The molecule has 1 heterocycles. The average Bonchev–Trinajstić information content (AvgIpc) is 3.28. The standard InChI is InChI=1S/C28H25FN4O/c1-19-6-7-20(2)23(14-19)18-31-28(34)13-10-25-16-27(22-4-3-5-24(29)15-22)33(32-25)26-11-8-21(17-30)9-12-26/h3-9,11-12,14-16H,10,13,18H2,1-2H3,(H,31,34). The molecule has 0 aliphatic heterocycles. The molecule has 0 spiro atoms. The quantitative estimate of drug-likeness (QED) is 0.407. The van der Waals surface area contributed by atoms with Crippen LogP contribution in [0.15, 0.2) is 72.8 Å². The van der Waals surface area contributed by atoms with Gasteiger partial charge in [-0.05, 0) is 67.4 Å². The van der Waals surface area contributed by atoms with Crippen molar-refractivity contribution in [3.8, 4) is 23.0 Å². The van der Waals surface area contributed by atoms with Gasteiger partial charge in [-0.15, -0.1) is 0 Å². The molecule has 0 bridgehead atoms. The molecule has 1 N–H and O–H groups in total. The van der Waals surface area contributed by atoms with Crippen LogP contribution in [0.5, 0.6) is 0 Å². The molecule has 1 amide bonds. The summed E-state index contributed by atoms with van der Waals surface area (Å²) in [5, 5.41) is 16.8.